The average Bonchev–Trinajstić information content (AvgIpc) is 2.15. The number of aryl methyl sites for hydroxylation is 1. The van der Waals surface area contributed by atoms with Gasteiger partial charge in [0.15, 0.2) is 0 Å². The predicted octanol–water partition coefficient (Wildman–Crippen LogP) is 3.26. The molecular weight excluding hydrogens is 234 g/mol. The molecule has 1 aromatic carbocycles. The number of nitrogens with zero attached hydrogens (tertiary/aromatic N) is 1. The normalized spacial score (nSPS) is 15.4. The number of hydroxylamine groups is 1. The molecule has 0 fully saturated rings. The van der Waals surface area contributed by atoms with Crippen molar-refractivity contribution in [1.29, 1.82) is 0 Å². The molecule has 16 heavy (non-hydrogen) atoms. The molecular formula is C12H18NOSSi+. The zero-order valence-corrected chi connectivity index (χ0v) is 12.1. The molecule has 0 unspecified atom stereocenters. The molecule has 1 aliphatic heterocycles. The summed E-state index contributed by atoms with van der Waals surface area (Å²) < 4.78 is 7.96. The highest BCUT2D eigenvalue weighted by atomic mass is 32.2. The van der Waals surface area contributed by atoms with Crippen LogP contribution >= 0.6 is 11.8 Å². The van der Waals surface area contributed by atoms with Gasteiger partial charge in [-0.25, -0.2) is 0 Å². The van der Waals surface area contributed by atoms with Crippen LogP contribution in [0.2, 0.25) is 19.6 Å². The Labute approximate surface area is 102 Å². The first-order valence-corrected chi connectivity index (χ1v) is 9.88. The van der Waals surface area contributed by atoms with Gasteiger partial charge in [-0.05, 0) is 42.9 Å². The smallest absolute Gasteiger partial charge is 0.336 e. The molecule has 2 rings (SSSR count). The molecule has 0 spiro atoms. The molecule has 0 aliphatic carbocycles. The zero-order valence-electron chi connectivity index (χ0n) is 10.3. The van der Waals surface area contributed by atoms with Crippen LogP contribution in [-0.4, -0.2) is 25.1 Å². The van der Waals surface area contributed by atoms with Crippen LogP contribution in [0.3, 0.4) is 0 Å². The summed E-state index contributed by atoms with van der Waals surface area (Å²) in [6, 6.07) is 6.41. The lowest BCUT2D eigenvalue weighted by Gasteiger charge is -2.18. The Morgan fingerprint density at radius 3 is 2.75 bits per heavy atom. The first-order chi connectivity index (χ1) is 7.46. The van der Waals surface area contributed by atoms with Crippen molar-refractivity contribution in [2.75, 3.05) is 5.88 Å². The van der Waals surface area contributed by atoms with E-state index in [0.29, 0.717) is 0 Å². The molecule has 2 nitrogen and oxygen atoms in total. The fourth-order valence-electron chi connectivity index (χ4n) is 1.70. The van der Waals surface area contributed by atoms with Crippen molar-refractivity contribution >= 4 is 26.3 Å². The van der Waals surface area contributed by atoms with E-state index in [4.69, 9.17) is 4.53 Å². The van der Waals surface area contributed by atoms with Gasteiger partial charge in [-0.2, -0.15) is 0 Å². The van der Waals surface area contributed by atoms with Gasteiger partial charge in [0.05, 0.1) is 5.56 Å². The van der Waals surface area contributed by atoms with Gasteiger partial charge >= 0.3 is 8.32 Å². The molecule has 0 saturated heterocycles. The lowest BCUT2D eigenvalue weighted by atomic mass is 10.1. The van der Waals surface area contributed by atoms with Crippen molar-refractivity contribution in [3.05, 3.63) is 29.3 Å². The zero-order chi connectivity index (χ0) is 11.8. The van der Waals surface area contributed by atoms with Crippen molar-refractivity contribution in [3.63, 3.8) is 0 Å². The van der Waals surface area contributed by atoms with E-state index in [1.165, 1.54) is 16.0 Å². The molecule has 1 heterocycles. The maximum atomic E-state index is 5.97. The molecule has 0 amide bonds. The quantitative estimate of drug-likeness (QED) is 0.591. The average molecular weight is 252 g/mol. The molecule has 0 N–H and O–H groups in total. The van der Waals surface area contributed by atoms with E-state index in [2.05, 4.69) is 51.0 Å². The summed E-state index contributed by atoms with van der Waals surface area (Å²) in [6.07, 6.45) is 2.12. The maximum Gasteiger partial charge on any atom is 0.336 e. The number of hydrogen-bond acceptors (Lipinski definition) is 2. The second kappa shape index (κ2) is 4.26. The number of benzene rings is 1. The predicted molar refractivity (Wildman–Crippen MR) is 71.8 cm³/mol. The van der Waals surface area contributed by atoms with Crippen LogP contribution in [0.5, 0.6) is 0 Å². The van der Waals surface area contributed by atoms with E-state index in [1.54, 1.807) is 0 Å². The Bertz CT molecular complexity index is 437. The van der Waals surface area contributed by atoms with Crippen molar-refractivity contribution in [3.8, 4) is 0 Å². The standard InChI is InChI=1S/C12H18NOSSi/c1-10-6-5-7-11-8-13(9-15-12(10)11)14-16(2,3)4/h5-8H,9H2,1-4H3/q+1. The van der Waals surface area contributed by atoms with E-state index < -0.39 is 8.32 Å². The van der Waals surface area contributed by atoms with E-state index in [-0.39, 0.29) is 0 Å². The highest BCUT2D eigenvalue weighted by molar-refractivity contribution is 7.99. The molecule has 0 atom stereocenters. The Balaban J connectivity index is 2.28. The van der Waals surface area contributed by atoms with Gasteiger partial charge in [0.25, 0.3) is 0 Å². The second-order valence-electron chi connectivity index (χ2n) is 5.02. The third-order valence-corrected chi connectivity index (χ3v) is 4.26. The van der Waals surface area contributed by atoms with Crippen LogP contribution in [0.1, 0.15) is 11.1 Å². The summed E-state index contributed by atoms with van der Waals surface area (Å²) in [6.45, 7) is 8.78. The minimum absolute atomic E-state index is 0.891. The Hall–Kier alpha value is -0.743. The number of fused-ring (bicyclic) bond motifs is 1. The van der Waals surface area contributed by atoms with Crippen LogP contribution in [0.4, 0.5) is 0 Å². The van der Waals surface area contributed by atoms with E-state index in [1.807, 2.05) is 16.5 Å². The summed E-state index contributed by atoms with van der Waals surface area (Å²) in [7, 11) is -1.50. The van der Waals surface area contributed by atoms with Crippen LogP contribution in [0.15, 0.2) is 23.1 Å². The molecule has 1 aromatic rings. The Morgan fingerprint density at radius 2 is 2.06 bits per heavy atom. The fourth-order valence-corrected chi connectivity index (χ4v) is 3.58. The number of hydrogen-bond donors (Lipinski definition) is 0. The topological polar surface area (TPSA) is 12.2 Å². The maximum absolute atomic E-state index is 5.97. The first kappa shape index (κ1) is 11.7. The molecule has 0 bridgehead atoms. The monoisotopic (exact) mass is 252 g/mol. The SMILES string of the molecule is Cc1cccc2c1SC[N+](O[Si](C)(C)C)=C2. The summed E-state index contributed by atoms with van der Waals surface area (Å²) in [4.78, 5) is 1.39. The first-order valence-electron chi connectivity index (χ1n) is 5.49. The van der Waals surface area contributed by atoms with Gasteiger partial charge in [-0.1, -0.05) is 23.9 Å². The third kappa shape index (κ3) is 2.68. The molecule has 86 valence electrons. The summed E-state index contributed by atoms with van der Waals surface area (Å²) in [5.74, 6) is 0.891. The summed E-state index contributed by atoms with van der Waals surface area (Å²) >= 11 is 1.86. The molecule has 1 aliphatic rings. The van der Waals surface area contributed by atoms with Gasteiger partial charge in [0, 0.05) is 4.90 Å². The Morgan fingerprint density at radius 1 is 1.31 bits per heavy atom. The van der Waals surface area contributed by atoms with Crippen LogP contribution in [0, 0.1) is 6.92 Å². The minimum atomic E-state index is -1.50. The lowest BCUT2D eigenvalue weighted by molar-refractivity contribution is -0.736. The fraction of sp³-hybridized carbons (Fsp3) is 0.417. The van der Waals surface area contributed by atoms with E-state index in [0.717, 1.165) is 5.88 Å². The molecule has 0 aromatic heterocycles. The van der Waals surface area contributed by atoms with Crippen molar-refractivity contribution in [2.24, 2.45) is 0 Å². The Kier molecular flexibility index (Phi) is 3.12. The lowest BCUT2D eigenvalue weighted by Crippen LogP contribution is -2.33. The molecule has 4 heteroatoms. The van der Waals surface area contributed by atoms with Crippen LogP contribution in [0.25, 0.3) is 0 Å². The van der Waals surface area contributed by atoms with Gasteiger partial charge in [0.1, 0.15) is 0 Å². The van der Waals surface area contributed by atoms with Crippen molar-refractivity contribution < 1.29 is 9.27 Å². The minimum Gasteiger partial charge on any atom is -0.346 e. The second-order valence-corrected chi connectivity index (χ2v) is 10.4. The van der Waals surface area contributed by atoms with Crippen LogP contribution < -0.4 is 0 Å². The van der Waals surface area contributed by atoms with Gasteiger partial charge in [-0.3, -0.25) is 0 Å². The summed E-state index contributed by atoms with van der Waals surface area (Å²) in [5, 5.41) is 0. The summed E-state index contributed by atoms with van der Waals surface area (Å²) in [5.41, 5.74) is 2.63. The number of thioether (sulfide) groups is 1. The largest absolute Gasteiger partial charge is 0.346 e. The van der Waals surface area contributed by atoms with Gasteiger partial charge in [-0.15, -0.1) is 0 Å². The van der Waals surface area contributed by atoms with Crippen molar-refractivity contribution in [1.82, 2.24) is 0 Å². The molecule has 0 saturated carbocycles. The van der Waals surface area contributed by atoms with Gasteiger partial charge < -0.3 is 4.53 Å². The highest BCUT2D eigenvalue weighted by Crippen LogP contribution is 2.28. The van der Waals surface area contributed by atoms with E-state index in [9.17, 15) is 0 Å². The van der Waals surface area contributed by atoms with Crippen LogP contribution in [-0.2, 0) is 4.53 Å². The third-order valence-electron chi connectivity index (χ3n) is 2.25. The van der Waals surface area contributed by atoms with E-state index >= 15 is 0 Å². The highest BCUT2D eigenvalue weighted by Gasteiger charge is 2.27. The molecule has 0 radical (unpaired) electrons. The number of rotatable bonds is 2. The van der Waals surface area contributed by atoms with Gasteiger partial charge in [0.2, 0.25) is 12.1 Å². The van der Waals surface area contributed by atoms with Crippen molar-refractivity contribution in [2.45, 2.75) is 31.5 Å².